The fraction of sp³-hybridized carbons (Fsp3) is 0.667. The van der Waals surface area contributed by atoms with Gasteiger partial charge in [-0.3, -0.25) is 9.80 Å². The summed E-state index contributed by atoms with van der Waals surface area (Å²) >= 11 is 0. The van der Waals surface area contributed by atoms with Gasteiger partial charge in [0.1, 0.15) is 5.76 Å². The van der Waals surface area contributed by atoms with Gasteiger partial charge >= 0.3 is 5.97 Å². The summed E-state index contributed by atoms with van der Waals surface area (Å²) in [6, 6.07) is 3.97. The summed E-state index contributed by atoms with van der Waals surface area (Å²) in [4.78, 5) is 15.6. The Labute approximate surface area is 120 Å². The smallest absolute Gasteiger partial charge is 0.371 e. The lowest BCUT2D eigenvalue weighted by Gasteiger charge is -2.30. The molecule has 5 nitrogen and oxygen atoms in total. The molecular formula is C15H24N2O3. The molecule has 0 bridgehead atoms. The van der Waals surface area contributed by atoms with Gasteiger partial charge in [-0.2, -0.15) is 0 Å². The molecular weight excluding hydrogens is 256 g/mol. The molecule has 1 aliphatic heterocycles. The van der Waals surface area contributed by atoms with Crippen molar-refractivity contribution in [2.75, 3.05) is 26.7 Å². The van der Waals surface area contributed by atoms with Crippen LogP contribution in [0.5, 0.6) is 0 Å². The number of likely N-dealkylation sites (N-methyl/N-ethyl adjacent to an activating group) is 2. The molecule has 0 aromatic carbocycles. The van der Waals surface area contributed by atoms with Gasteiger partial charge in [0.2, 0.25) is 5.76 Å². The molecule has 1 fully saturated rings. The largest absolute Gasteiger partial charge is 0.475 e. The molecule has 5 heteroatoms. The number of carboxylic acid groups (broad SMARTS) is 1. The lowest BCUT2D eigenvalue weighted by atomic mass is 10.1. The normalized spacial score (nSPS) is 21.5. The highest BCUT2D eigenvalue weighted by molar-refractivity contribution is 5.84. The highest BCUT2D eigenvalue weighted by atomic mass is 16.4. The number of likely N-dealkylation sites (tertiary alicyclic amines) is 1. The summed E-state index contributed by atoms with van der Waals surface area (Å²) in [5, 5.41) is 8.90. The Morgan fingerprint density at radius 3 is 2.95 bits per heavy atom. The molecule has 0 aliphatic carbocycles. The first kappa shape index (κ1) is 15.1. The number of aromatic carboxylic acids is 1. The van der Waals surface area contributed by atoms with Crippen molar-refractivity contribution < 1.29 is 14.3 Å². The van der Waals surface area contributed by atoms with E-state index in [-0.39, 0.29) is 11.8 Å². The lowest BCUT2D eigenvalue weighted by molar-refractivity contribution is 0.0655. The van der Waals surface area contributed by atoms with Gasteiger partial charge in [-0.25, -0.2) is 4.79 Å². The molecule has 1 aromatic rings. The van der Waals surface area contributed by atoms with Crippen LogP contribution in [0.15, 0.2) is 16.5 Å². The quantitative estimate of drug-likeness (QED) is 0.867. The van der Waals surface area contributed by atoms with Crippen molar-refractivity contribution in [3.63, 3.8) is 0 Å². The van der Waals surface area contributed by atoms with Crippen molar-refractivity contribution in [3.05, 3.63) is 23.7 Å². The average molecular weight is 280 g/mol. The maximum Gasteiger partial charge on any atom is 0.371 e. The van der Waals surface area contributed by atoms with Crippen LogP contribution >= 0.6 is 0 Å². The number of rotatable bonds is 6. The van der Waals surface area contributed by atoms with E-state index in [1.807, 2.05) is 0 Å². The predicted octanol–water partition coefficient (Wildman–Crippen LogP) is 2.45. The summed E-state index contributed by atoms with van der Waals surface area (Å²) in [5.74, 6) is -0.290. The van der Waals surface area contributed by atoms with Gasteiger partial charge in [0, 0.05) is 12.6 Å². The van der Waals surface area contributed by atoms with E-state index in [0.29, 0.717) is 11.8 Å². The Morgan fingerprint density at radius 1 is 1.60 bits per heavy atom. The monoisotopic (exact) mass is 280 g/mol. The Kier molecular flexibility index (Phi) is 4.83. The number of hydrogen-bond acceptors (Lipinski definition) is 4. The molecule has 1 aliphatic rings. The van der Waals surface area contributed by atoms with Crippen molar-refractivity contribution >= 4 is 5.97 Å². The van der Waals surface area contributed by atoms with E-state index < -0.39 is 5.97 Å². The molecule has 0 spiro atoms. The summed E-state index contributed by atoms with van der Waals surface area (Å²) in [7, 11) is 2.07. The molecule has 2 atom stereocenters. The van der Waals surface area contributed by atoms with Gasteiger partial charge in [0.15, 0.2) is 0 Å². The summed E-state index contributed by atoms with van der Waals surface area (Å²) in [6.45, 7) is 7.52. The lowest BCUT2D eigenvalue weighted by Crippen LogP contribution is -2.39. The SMILES string of the molecule is CCN1CCCC1CN(C)C(C)c1ccc(C(=O)O)o1. The van der Waals surface area contributed by atoms with Gasteiger partial charge in [-0.15, -0.1) is 0 Å². The predicted molar refractivity (Wildman–Crippen MR) is 77.0 cm³/mol. The second-order valence-corrected chi connectivity index (χ2v) is 5.55. The van der Waals surface area contributed by atoms with Gasteiger partial charge in [0.05, 0.1) is 6.04 Å². The summed E-state index contributed by atoms with van der Waals surface area (Å²) in [6.07, 6.45) is 2.51. The Morgan fingerprint density at radius 2 is 2.35 bits per heavy atom. The van der Waals surface area contributed by atoms with E-state index in [1.165, 1.54) is 25.5 Å². The first-order valence-electron chi connectivity index (χ1n) is 7.30. The third kappa shape index (κ3) is 3.22. The fourth-order valence-corrected chi connectivity index (χ4v) is 2.92. The minimum atomic E-state index is -1.01. The van der Waals surface area contributed by atoms with Crippen LogP contribution in [-0.2, 0) is 0 Å². The van der Waals surface area contributed by atoms with Crippen molar-refractivity contribution in [2.45, 2.75) is 38.8 Å². The molecule has 1 N–H and O–H groups in total. The molecule has 0 amide bonds. The van der Waals surface area contributed by atoms with Crippen molar-refractivity contribution in [2.24, 2.45) is 0 Å². The van der Waals surface area contributed by atoms with Crippen molar-refractivity contribution in [3.8, 4) is 0 Å². The topological polar surface area (TPSA) is 56.9 Å². The van der Waals surface area contributed by atoms with Crippen LogP contribution in [0.3, 0.4) is 0 Å². The second kappa shape index (κ2) is 6.41. The average Bonchev–Trinajstić information content (AvgIpc) is 3.06. The fourth-order valence-electron chi connectivity index (χ4n) is 2.92. The molecule has 112 valence electrons. The second-order valence-electron chi connectivity index (χ2n) is 5.55. The van der Waals surface area contributed by atoms with E-state index >= 15 is 0 Å². The van der Waals surface area contributed by atoms with E-state index in [9.17, 15) is 4.79 Å². The van der Waals surface area contributed by atoms with Crippen molar-refractivity contribution in [1.82, 2.24) is 9.80 Å². The molecule has 20 heavy (non-hydrogen) atoms. The molecule has 2 unspecified atom stereocenters. The molecule has 0 saturated carbocycles. The maximum atomic E-state index is 10.9. The van der Waals surface area contributed by atoms with Crippen LogP contribution in [0.2, 0.25) is 0 Å². The summed E-state index contributed by atoms with van der Waals surface area (Å²) < 4.78 is 5.39. The maximum absolute atomic E-state index is 10.9. The Bertz CT molecular complexity index is 458. The van der Waals surface area contributed by atoms with Gasteiger partial charge in [-0.1, -0.05) is 6.92 Å². The molecule has 1 saturated heterocycles. The minimum Gasteiger partial charge on any atom is -0.475 e. The van der Waals surface area contributed by atoms with Gasteiger partial charge in [0.25, 0.3) is 0 Å². The van der Waals surface area contributed by atoms with Crippen LogP contribution in [0.1, 0.15) is 49.0 Å². The highest BCUT2D eigenvalue weighted by Gasteiger charge is 2.26. The number of carboxylic acids is 1. The van der Waals surface area contributed by atoms with Gasteiger partial charge in [-0.05, 0) is 52.0 Å². The zero-order chi connectivity index (χ0) is 14.7. The Balaban J connectivity index is 1.97. The summed E-state index contributed by atoms with van der Waals surface area (Å²) in [5.41, 5.74) is 0. The van der Waals surface area contributed by atoms with E-state index in [4.69, 9.17) is 9.52 Å². The molecule has 0 radical (unpaired) electrons. The van der Waals surface area contributed by atoms with Crippen LogP contribution in [-0.4, -0.2) is 53.6 Å². The van der Waals surface area contributed by atoms with E-state index in [1.54, 1.807) is 6.07 Å². The molecule has 2 heterocycles. The molecule has 1 aromatic heterocycles. The zero-order valence-electron chi connectivity index (χ0n) is 12.5. The standard InChI is InChI=1S/C15H24N2O3/c1-4-17-9-5-6-12(17)10-16(3)11(2)13-7-8-14(20-13)15(18)19/h7-8,11-12H,4-6,9-10H2,1-3H3,(H,18,19). The zero-order valence-corrected chi connectivity index (χ0v) is 12.5. The first-order chi connectivity index (χ1) is 9.52. The van der Waals surface area contributed by atoms with Crippen LogP contribution in [0.25, 0.3) is 0 Å². The third-order valence-corrected chi connectivity index (χ3v) is 4.31. The number of nitrogens with zero attached hydrogens (tertiary/aromatic N) is 2. The Hall–Kier alpha value is -1.33. The van der Waals surface area contributed by atoms with E-state index in [0.717, 1.165) is 13.1 Å². The van der Waals surface area contributed by atoms with E-state index in [2.05, 4.69) is 30.7 Å². The molecule has 2 rings (SSSR count). The third-order valence-electron chi connectivity index (χ3n) is 4.31. The number of carbonyl (C=O) groups is 1. The number of hydrogen-bond donors (Lipinski definition) is 1. The van der Waals surface area contributed by atoms with Crippen molar-refractivity contribution in [1.29, 1.82) is 0 Å². The highest BCUT2D eigenvalue weighted by Crippen LogP contribution is 2.24. The van der Waals surface area contributed by atoms with Gasteiger partial charge < -0.3 is 9.52 Å². The minimum absolute atomic E-state index is 0.0105. The first-order valence-corrected chi connectivity index (χ1v) is 7.30. The number of furan rings is 1. The van der Waals surface area contributed by atoms with Crippen LogP contribution < -0.4 is 0 Å². The van der Waals surface area contributed by atoms with Crippen LogP contribution in [0.4, 0.5) is 0 Å². The van der Waals surface area contributed by atoms with Crippen LogP contribution in [0, 0.1) is 0 Å².